The Morgan fingerprint density at radius 2 is 0.700 bits per heavy atom. The van der Waals surface area contributed by atoms with Crippen LogP contribution in [0.5, 0.6) is 0 Å². The summed E-state index contributed by atoms with van der Waals surface area (Å²) < 4.78 is 6.47. The molecule has 0 spiro atoms. The van der Waals surface area contributed by atoms with E-state index in [0.29, 0.717) is 0 Å². The van der Waals surface area contributed by atoms with E-state index in [0.717, 1.165) is 0 Å². The molecule has 0 saturated heterocycles. The van der Waals surface area contributed by atoms with Crippen molar-refractivity contribution in [3.63, 3.8) is 0 Å². The van der Waals surface area contributed by atoms with Gasteiger partial charge < -0.3 is 48.2 Å². The topological polar surface area (TPSA) is 110 Å². The predicted molar refractivity (Wildman–Crippen MR) is 103 cm³/mol. The smallest absolute Gasteiger partial charge is 1.00 e. The number of carbonyl (C=O) groups is 3. The fourth-order valence-corrected chi connectivity index (χ4v) is 0.163. The number of hydrogen-bond acceptors (Lipinski definition) is 5. The zero-order valence-corrected chi connectivity index (χ0v) is 33.6. The summed E-state index contributed by atoms with van der Waals surface area (Å²) in [6.07, 6.45) is -5.64. The average Bonchev–Trinajstić information content (AvgIpc) is 1.58. The second-order valence-electron chi connectivity index (χ2n) is 0.986. The summed E-state index contributed by atoms with van der Waals surface area (Å²) in [5.41, 5.74) is 0. The van der Waals surface area contributed by atoms with Crippen molar-refractivity contribution >= 4 is 396 Å². The molecule has 0 aliphatic carbocycles. The van der Waals surface area contributed by atoms with Crippen LogP contribution in [0.15, 0.2) is 0 Å². The second kappa shape index (κ2) is 52.0. The van der Waals surface area contributed by atoms with Crippen LogP contribution in [0.2, 0.25) is 0 Å². The van der Waals surface area contributed by atoms with Gasteiger partial charge in [-0.1, -0.05) is 0 Å². The van der Waals surface area contributed by atoms with E-state index in [9.17, 15) is 14.4 Å². The quantitative estimate of drug-likeness (QED) is 0.217. The van der Waals surface area contributed by atoms with E-state index in [1.165, 1.54) is 0 Å². The van der Waals surface area contributed by atoms with Gasteiger partial charge in [0, 0.05) is 0 Å². The average molecular weight is 571 g/mol. The predicted octanol–water partition coefficient (Wildman–Crippen LogP) is -1.06. The summed E-state index contributed by atoms with van der Waals surface area (Å²) in [7, 11) is 0. The third-order valence-electron chi connectivity index (χ3n) is 0.341. The van der Waals surface area contributed by atoms with Crippen LogP contribution in [-0.4, -0.2) is 406 Å². The summed E-state index contributed by atoms with van der Waals surface area (Å²) in [5.74, 6) is 0. The molecule has 0 radical (unpaired) electrons. The minimum Gasteiger partial charge on any atom is -1.00 e. The molecule has 2 N–H and O–H groups in total. The number of ether oxygens (including phenoxy) is 2. The molecule has 96 valence electrons. The van der Waals surface area contributed by atoms with Crippen LogP contribution in [0.3, 0.4) is 0 Å². The zero-order valence-electron chi connectivity index (χ0n) is 31.5. The van der Waals surface area contributed by atoms with Crippen LogP contribution >= 0.6 is 0 Å². The van der Waals surface area contributed by atoms with E-state index in [4.69, 9.17) is 10.2 Å². The molecule has 0 rings (SSSR count). The largest absolute Gasteiger partial charge is 2.00 e. The molecule has 0 fully saturated rings. The van der Waals surface area contributed by atoms with E-state index in [1.54, 1.807) is 0 Å². The molecule has 0 aromatic heterocycles. The van der Waals surface area contributed by atoms with Crippen molar-refractivity contribution in [1.29, 1.82) is 0 Å². The molecule has 0 amide bonds. The monoisotopic (exact) mass is 570 g/mol. The molecule has 0 aromatic rings. The number of carbonyl (C=O) groups excluding carboxylic acids is 1. The SMILES string of the molecule is O=C(O)OC(=O)OC(=O)O.[Ca+2].[Ca+2].[Ca+2].[Ca+2].[Ca+2].[Ca+2].[Ca+2].[Ca+2].[Ca+2].[Ca+2].[H-].[H-].[H-].[H-].[H-].[H-].[H-].[H-].[H-].[H-].[H-].[H-].[H-].[H-].[H-].[H-].[H-].[H-].[H-].[H-]. The van der Waals surface area contributed by atoms with Crippen LogP contribution < -0.4 is 0 Å². The standard InChI is InChI=1S/C3H2O7.10Ca.20H/c4-1(5)9-3(8)10-2(6)7;;;;;;;;;;;;;;;;;;;;;;;;;;;;;;/h(H,4,5)(H,6,7);;;;;;;;;;;;;;;;;;;;;;;;;;;;;;/q;10*+2;20*-1. The van der Waals surface area contributed by atoms with Crippen LogP contribution in [0.25, 0.3) is 0 Å². The number of carboxylic acid groups (broad SMARTS) is 2. The van der Waals surface area contributed by atoms with E-state index < -0.39 is 18.5 Å². The Labute approximate surface area is 445 Å². The van der Waals surface area contributed by atoms with E-state index in [-0.39, 0.29) is 406 Å². The van der Waals surface area contributed by atoms with Gasteiger partial charge in [-0.15, -0.1) is 0 Å². The first-order chi connectivity index (χ1) is 4.52. The van der Waals surface area contributed by atoms with E-state index in [2.05, 4.69) is 9.47 Å². The molecule has 0 aromatic carbocycles. The van der Waals surface area contributed by atoms with E-state index >= 15 is 0 Å². The molecular formula is C3H22Ca10O7. The minimum absolute atomic E-state index is 0. The Kier molecular flexibility index (Phi) is 181. The first-order valence-corrected chi connectivity index (χ1v) is 1.88. The Morgan fingerprint density at radius 1 is 0.550 bits per heavy atom. The van der Waals surface area contributed by atoms with Gasteiger partial charge in [-0.25, -0.2) is 14.4 Å². The maximum Gasteiger partial charge on any atom is 2.00 e. The van der Waals surface area contributed by atoms with Gasteiger partial charge in [-0.2, -0.15) is 0 Å². The summed E-state index contributed by atoms with van der Waals surface area (Å²) in [5, 5.41) is 15.4. The van der Waals surface area contributed by atoms with Crippen molar-refractivity contribution in [3.05, 3.63) is 0 Å². The maximum atomic E-state index is 9.86. The summed E-state index contributed by atoms with van der Waals surface area (Å²) in [4.78, 5) is 28.8. The first kappa shape index (κ1) is 69.8. The summed E-state index contributed by atoms with van der Waals surface area (Å²) >= 11 is 0. The molecule has 0 unspecified atom stereocenters. The van der Waals surface area contributed by atoms with Crippen molar-refractivity contribution < 1.29 is 62.6 Å². The maximum absolute atomic E-state index is 9.86. The number of hydrogen-bond donors (Lipinski definition) is 2. The normalized spacial score (nSPS) is 4.00. The van der Waals surface area contributed by atoms with Crippen molar-refractivity contribution in [3.8, 4) is 0 Å². The van der Waals surface area contributed by atoms with Crippen LogP contribution in [0.4, 0.5) is 14.4 Å². The summed E-state index contributed by atoms with van der Waals surface area (Å²) in [6.45, 7) is 0. The second-order valence-corrected chi connectivity index (χ2v) is 0.986. The molecule has 0 bridgehead atoms. The van der Waals surface area contributed by atoms with Gasteiger partial charge >= 0.3 is 396 Å². The molecular weight excluding hydrogens is 549 g/mol. The van der Waals surface area contributed by atoms with Gasteiger partial charge in [0.1, 0.15) is 0 Å². The number of rotatable bonds is 0. The molecule has 0 atom stereocenters. The summed E-state index contributed by atoms with van der Waals surface area (Å²) in [6, 6.07) is 0. The molecule has 7 nitrogen and oxygen atoms in total. The van der Waals surface area contributed by atoms with Gasteiger partial charge in [0.15, 0.2) is 0 Å². The van der Waals surface area contributed by atoms with Crippen molar-refractivity contribution in [2.75, 3.05) is 0 Å². The van der Waals surface area contributed by atoms with Crippen molar-refractivity contribution in [2.45, 2.75) is 0 Å². The fraction of sp³-hybridized carbons (Fsp3) is 0. The van der Waals surface area contributed by atoms with Gasteiger partial charge in [-0.05, 0) is 0 Å². The van der Waals surface area contributed by atoms with Crippen molar-refractivity contribution in [1.82, 2.24) is 0 Å². The molecule has 0 aliphatic rings. The first-order valence-electron chi connectivity index (χ1n) is 1.88. The van der Waals surface area contributed by atoms with Gasteiger partial charge in [-0.3, -0.25) is 0 Å². The van der Waals surface area contributed by atoms with Gasteiger partial charge in [0.05, 0.1) is 0 Å². The van der Waals surface area contributed by atoms with Crippen LogP contribution in [-0.2, 0) is 9.47 Å². The van der Waals surface area contributed by atoms with Gasteiger partial charge in [0.25, 0.3) is 0 Å². The Hall–Kier alpha value is 10.8. The molecule has 17 heteroatoms. The Morgan fingerprint density at radius 3 is 0.800 bits per heavy atom. The molecule has 20 heavy (non-hydrogen) atoms. The zero-order chi connectivity index (χ0) is 8.15. The Bertz CT molecular complexity index is 212. The Balaban J connectivity index is -0.000000000931. The van der Waals surface area contributed by atoms with Crippen molar-refractivity contribution in [2.24, 2.45) is 0 Å². The molecule has 0 saturated carbocycles. The van der Waals surface area contributed by atoms with E-state index in [1.807, 2.05) is 0 Å². The third kappa shape index (κ3) is 63.0. The third-order valence-corrected chi connectivity index (χ3v) is 0.341. The van der Waals surface area contributed by atoms with Crippen LogP contribution in [0.1, 0.15) is 28.5 Å². The molecule has 0 heterocycles. The minimum atomic E-state index is -1.92. The molecule has 0 aliphatic heterocycles. The fourth-order valence-electron chi connectivity index (χ4n) is 0.163. The van der Waals surface area contributed by atoms with Gasteiger partial charge in [0.2, 0.25) is 0 Å². The van der Waals surface area contributed by atoms with Crippen LogP contribution in [0, 0.1) is 0 Å².